The molecule has 0 heterocycles. The molecule has 21 heavy (non-hydrogen) atoms. The number of aliphatic hydroxyl groups is 1. The maximum absolute atomic E-state index is 12.4. The molecule has 1 aromatic rings. The Balaban J connectivity index is 2.18. The zero-order chi connectivity index (χ0) is 15.4. The van der Waals surface area contributed by atoms with Crippen molar-refractivity contribution >= 4 is 5.91 Å². The monoisotopic (exact) mass is 293 g/mol. The second-order valence-corrected chi connectivity index (χ2v) is 5.44. The van der Waals surface area contributed by atoms with Gasteiger partial charge in [0.05, 0.1) is 26.4 Å². The summed E-state index contributed by atoms with van der Waals surface area (Å²) in [6, 6.07) is 3.22. The maximum Gasteiger partial charge on any atom is 0.251 e. The lowest BCUT2D eigenvalue weighted by Gasteiger charge is -2.28. The Morgan fingerprint density at radius 1 is 1.19 bits per heavy atom. The summed E-state index contributed by atoms with van der Waals surface area (Å²) >= 11 is 0. The second kappa shape index (κ2) is 6.80. The molecule has 1 saturated carbocycles. The Kier molecular flexibility index (Phi) is 5.07. The molecule has 0 aromatic heterocycles. The van der Waals surface area contributed by atoms with E-state index in [1.807, 2.05) is 6.92 Å². The van der Waals surface area contributed by atoms with Gasteiger partial charge in [-0.15, -0.1) is 0 Å². The SMILES string of the molecule is COc1cc(C(=O)N[C@@H]2CCCC[C@H]2O)cc(OC)c1C. The highest BCUT2D eigenvalue weighted by atomic mass is 16.5. The molecule has 0 unspecified atom stereocenters. The van der Waals surface area contributed by atoms with E-state index in [9.17, 15) is 9.90 Å². The Morgan fingerprint density at radius 3 is 2.29 bits per heavy atom. The van der Waals surface area contributed by atoms with Crippen LogP contribution in [0, 0.1) is 6.92 Å². The van der Waals surface area contributed by atoms with E-state index >= 15 is 0 Å². The van der Waals surface area contributed by atoms with Crippen LogP contribution >= 0.6 is 0 Å². The highest BCUT2D eigenvalue weighted by Crippen LogP contribution is 2.29. The first kappa shape index (κ1) is 15.6. The number of benzene rings is 1. The predicted molar refractivity (Wildman–Crippen MR) is 80.0 cm³/mol. The highest BCUT2D eigenvalue weighted by molar-refractivity contribution is 5.95. The van der Waals surface area contributed by atoms with Gasteiger partial charge >= 0.3 is 0 Å². The summed E-state index contributed by atoms with van der Waals surface area (Å²) in [6.07, 6.45) is 3.14. The van der Waals surface area contributed by atoms with Gasteiger partial charge in [0, 0.05) is 11.1 Å². The minimum Gasteiger partial charge on any atom is -0.496 e. The molecular formula is C16H23NO4. The standard InChI is InChI=1S/C16H23NO4/c1-10-14(20-2)8-11(9-15(10)21-3)16(19)17-12-6-4-5-7-13(12)18/h8-9,12-13,18H,4-7H2,1-3H3,(H,17,19)/t12-,13-/m1/s1. The van der Waals surface area contributed by atoms with Gasteiger partial charge in [-0.1, -0.05) is 12.8 Å². The first-order valence-corrected chi connectivity index (χ1v) is 7.28. The Bertz CT molecular complexity index is 490. The van der Waals surface area contributed by atoms with Crippen molar-refractivity contribution in [2.45, 2.75) is 44.8 Å². The molecule has 1 amide bonds. The average molecular weight is 293 g/mol. The van der Waals surface area contributed by atoms with Gasteiger partial charge in [-0.25, -0.2) is 0 Å². The molecule has 0 saturated heterocycles. The van der Waals surface area contributed by atoms with Gasteiger partial charge in [0.15, 0.2) is 0 Å². The van der Waals surface area contributed by atoms with E-state index in [1.54, 1.807) is 26.4 Å². The van der Waals surface area contributed by atoms with E-state index in [0.717, 1.165) is 31.2 Å². The van der Waals surface area contributed by atoms with Gasteiger partial charge in [0.1, 0.15) is 11.5 Å². The van der Waals surface area contributed by atoms with Crippen molar-refractivity contribution in [3.05, 3.63) is 23.3 Å². The molecule has 0 radical (unpaired) electrons. The minimum absolute atomic E-state index is 0.176. The normalized spacial score (nSPS) is 21.7. The van der Waals surface area contributed by atoms with Gasteiger partial charge in [-0.2, -0.15) is 0 Å². The fraction of sp³-hybridized carbons (Fsp3) is 0.562. The summed E-state index contributed by atoms with van der Waals surface area (Å²) in [6.45, 7) is 1.88. The molecule has 1 aliphatic carbocycles. The van der Waals surface area contributed by atoms with Crippen LogP contribution in [0.4, 0.5) is 0 Å². The number of ether oxygens (including phenoxy) is 2. The van der Waals surface area contributed by atoms with Crippen LogP contribution in [0.1, 0.15) is 41.6 Å². The minimum atomic E-state index is -0.461. The van der Waals surface area contributed by atoms with Crippen LogP contribution in [-0.2, 0) is 0 Å². The summed E-state index contributed by atoms with van der Waals surface area (Å²) < 4.78 is 10.6. The summed E-state index contributed by atoms with van der Waals surface area (Å²) in [4.78, 5) is 12.4. The largest absolute Gasteiger partial charge is 0.496 e. The average Bonchev–Trinajstić information content (AvgIpc) is 2.49. The number of amides is 1. The number of methoxy groups -OCH3 is 2. The summed E-state index contributed by atoms with van der Waals surface area (Å²) in [5.74, 6) is 1.02. The van der Waals surface area contributed by atoms with Gasteiger partial charge in [0.25, 0.3) is 5.91 Å². The van der Waals surface area contributed by atoms with Crippen LogP contribution in [0.25, 0.3) is 0 Å². The van der Waals surface area contributed by atoms with Crippen molar-refractivity contribution < 1.29 is 19.4 Å². The van der Waals surface area contributed by atoms with Crippen molar-refractivity contribution in [1.29, 1.82) is 0 Å². The number of hydrogen-bond acceptors (Lipinski definition) is 4. The maximum atomic E-state index is 12.4. The number of nitrogens with one attached hydrogen (secondary N) is 1. The van der Waals surface area contributed by atoms with E-state index in [0.29, 0.717) is 17.1 Å². The van der Waals surface area contributed by atoms with E-state index in [1.165, 1.54) is 0 Å². The van der Waals surface area contributed by atoms with Crippen LogP contribution in [0.3, 0.4) is 0 Å². The van der Waals surface area contributed by atoms with Gasteiger partial charge in [-0.05, 0) is 31.9 Å². The Labute approximate surface area is 125 Å². The second-order valence-electron chi connectivity index (χ2n) is 5.44. The molecule has 1 aliphatic rings. The predicted octanol–water partition coefficient (Wildman–Crippen LogP) is 2.05. The third-order valence-corrected chi connectivity index (χ3v) is 4.06. The van der Waals surface area contributed by atoms with Crippen molar-refractivity contribution in [3.63, 3.8) is 0 Å². The molecule has 5 heteroatoms. The van der Waals surface area contributed by atoms with Crippen molar-refractivity contribution in [2.75, 3.05) is 14.2 Å². The number of carbonyl (C=O) groups is 1. The van der Waals surface area contributed by atoms with Crippen LogP contribution in [0.2, 0.25) is 0 Å². The Morgan fingerprint density at radius 2 is 1.76 bits per heavy atom. The molecule has 2 N–H and O–H groups in total. The van der Waals surface area contributed by atoms with Crippen LogP contribution in [-0.4, -0.2) is 37.4 Å². The molecule has 2 rings (SSSR count). The molecule has 0 aliphatic heterocycles. The lowest BCUT2D eigenvalue weighted by atomic mass is 9.92. The summed E-state index contributed by atoms with van der Waals surface area (Å²) in [5.41, 5.74) is 1.33. The van der Waals surface area contributed by atoms with E-state index in [2.05, 4.69) is 5.32 Å². The third-order valence-electron chi connectivity index (χ3n) is 4.06. The molecule has 2 atom stereocenters. The molecular weight excluding hydrogens is 270 g/mol. The first-order valence-electron chi connectivity index (χ1n) is 7.28. The number of hydrogen-bond donors (Lipinski definition) is 2. The Hall–Kier alpha value is -1.75. The van der Waals surface area contributed by atoms with E-state index < -0.39 is 6.10 Å². The molecule has 1 aromatic carbocycles. The quantitative estimate of drug-likeness (QED) is 0.891. The first-order chi connectivity index (χ1) is 10.1. The molecule has 0 bridgehead atoms. The molecule has 5 nitrogen and oxygen atoms in total. The molecule has 116 valence electrons. The smallest absolute Gasteiger partial charge is 0.251 e. The van der Waals surface area contributed by atoms with Gasteiger partial charge in [-0.3, -0.25) is 4.79 Å². The fourth-order valence-electron chi connectivity index (χ4n) is 2.75. The number of aliphatic hydroxyl groups excluding tert-OH is 1. The van der Waals surface area contributed by atoms with Gasteiger partial charge in [0.2, 0.25) is 0 Å². The zero-order valence-electron chi connectivity index (χ0n) is 12.8. The van der Waals surface area contributed by atoms with Gasteiger partial charge < -0.3 is 19.9 Å². The lowest BCUT2D eigenvalue weighted by molar-refractivity contribution is 0.0717. The van der Waals surface area contributed by atoms with Crippen LogP contribution in [0.15, 0.2) is 12.1 Å². The zero-order valence-corrected chi connectivity index (χ0v) is 12.8. The molecule has 1 fully saturated rings. The summed E-state index contributed by atoms with van der Waals surface area (Å²) in [5, 5.41) is 12.9. The number of carbonyl (C=O) groups excluding carboxylic acids is 1. The van der Waals surface area contributed by atoms with Crippen molar-refractivity contribution in [2.24, 2.45) is 0 Å². The summed E-state index contributed by atoms with van der Waals surface area (Å²) in [7, 11) is 3.13. The van der Waals surface area contributed by atoms with E-state index in [-0.39, 0.29) is 11.9 Å². The van der Waals surface area contributed by atoms with E-state index in [4.69, 9.17) is 9.47 Å². The topological polar surface area (TPSA) is 67.8 Å². The van der Waals surface area contributed by atoms with Crippen molar-refractivity contribution in [1.82, 2.24) is 5.32 Å². The van der Waals surface area contributed by atoms with Crippen molar-refractivity contribution in [3.8, 4) is 11.5 Å². The lowest BCUT2D eigenvalue weighted by Crippen LogP contribution is -2.45. The third kappa shape index (κ3) is 3.47. The fourth-order valence-corrected chi connectivity index (χ4v) is 2.75. The number of rotatable bonds is 4. The molecule has 0 spiro atoms. The van der Waals surface area contributed by atoms with Crippen LogP contribution in [0.5, 0.6) is 11.5 Å². The highest BCUT2D eigenvalue weighted by Gasteiger charge is 2.25. The van der Waals surface area contributed by atoms with Crippen LogP contribution < -0.4 is 14.8 Å².